The van der Waals surface area contributed by atoms with E-state index in [1.165, 1.54) is 12.3 Å². The van der Waals surface area contributed by atoms with E-state index in [9.17, 15) is 14.0 Å². The zero-order valence-corrected chi connectivity index (χ0v) is 15.4. The van der Waals surface area contributed by atoms with Gasteiger partial charge in [-0.25, -0.2) is 4.39 Å². The molecule has 1 aliphatic heterocycles. The van der Waals surface area contributed by atoms with Crippen molar-refractivity contribution in [2.45, 2.75) is 32.0 Å². The van der Waals surface area contributed by atoms with Gasteiger partial charge in [-0.2, -0.15) is 4.98 Å². The van der Waals surface area contributed by atoms with Crippen LogP contribution in [0.1, 0.15) is 46.5 Å². The minimum atomic E-state index is -0.419. The van der Waals surface area contributed by atoms with E-state index in [1.54, 1.807) is 41.4 Å². The molecular formula is C20H18FN5O3. The minimum absolute atomic E-state index is 0.0746. The van der Waals surface area contributed by atoms with E-state index in [4.69, 9.17) is 4.52 Å². The molecule has 1 fully saturated rings. The number of carbonyl (C=O) groups is 2. The fraction of sp³-hybridized carbons (Fsp3) is 0.250. The quantitative estimate of drug-likeness (QED) is 0.688. The molecule has 2 aromatic heterocycles. The van der Waals surface area contributed by atoms with Gasteiger partial charge in [-0.05, 0) is 24.6 Å². The van der Waals surface area contributed by atoms with Crippen molar-refractivity contribution in [2.24, 2.45) is 0 Å². The molecule has 0 saturated carbocycles. The molecule has 0 radical (unpaired) electrons. The van der Waals surface area contributed by atoms with Gasteiger partial charge in [0, 0.05) is 30.9 Å². The lowest BCUT2D eigenvalue weighted by Gasteiger charge is -2.22. The standard InChI is InChI=1S/C20H18FN5O3/c21-15-6-2-1-4-14(15)12-26-16(7-8-18(26)27)20-24-17(25-29-20)11-23-19(28)13-5-3-9-22-10-13/h1-6,9-10,16H,7-8,11-12H2,(H,23,28)/t16-/m0/s1. The Balaban J connectivity index is 1.43. The average molecular weight is 395 g/mol. The van der Waals surface area contributed by atoms with Crippen LogP contribution in [0.25, 0.3) is 0 Å². The molecule has 1 atom stereocenters. The third-order valence-electron chi connectivity index (χ3n) is 4.73. The van der Waals surface area contributed by atoms with Gasteiger partial charge in [0.25, 0.3) is 5.91 Å². The van der Waals surface area contributed by atoms with Gasteiger partial charge in [-0.3, -0.25) is 14.6 Å². The van der Waals surface area contributed by atoms with Crippen molar-refractivity contribution in [3.8, 4) is 0 Å². The molecular weight excluding hydrogens is 377 g/mol. The molecule has 1 aromatic carbocycles. The zero-order chi connectivity index (χ0) is 20.2. The third-order valence-corrected chi connectivity index (χ3v) is 4.73. The minimum Gasteiger partial charge on any atom is -0.345 e. The van der Waals surface area contributed by atoms with Crippen LogP contribution in [0, 0.1) is 5.82 Å². The lowest BCUT2D eigenvalue weighted by atomic mass is 10.1. The lowest BCUT2D eigenvalue weighted by Crippen LogP contribution is -2.28. The number of nitrogens with zero attached hydrogens (tertiary/aromatic N) is 4. The number of aromatic nitrogens is 3. The first-order valence-electron chi connectivity index (χ1n) is 9.15. The molecule has 1 N–H and O–H groups in total. The topological polar surface area (TPSA) is 101 Å². The van der Waals surface area contributed by atoms with Gasteiger partial charge in [-0.1, -0.05) is 23.4 Å². The van der Waals surface area contributed by atoms with Crippen molar-refractivity contribution < 1.29 is 18.5 Å². The number of likely N-dealkylation sites (tertiary alicyclic amines) is 1. The summed E-state index contributed by atoms with van der Waals surface area (Å²) in [4.78, 5) is 34.1. The molecule has 4 rings (SSSR count). The Morgan fingerprint density at radius 2 is 2.14 bits per heavy atom. The van der Waals surface area contributed by atoms with Gasteiger partial charge in [0.2, 0.25) is 11.8 Å². The summed E-state index contributed by atoms with van der Waals surface area (Å²) in [5, 5.41) is 6.57. The first kappa shape index (κ1) is 18.7. The number of hydrogen-bond donors (Lipinski definition) is 1. The van der Waals surface area contributed by atoms with Crippen LogP contribution in [0.3, 0.4) is 0 Å². The Morgan fingerprint density at radius 3 is 2.93 bits per heavy atom. The molecule has 29 heavy (non-hydrogen) atoms. The second-order valence-corrected chi connectivity index (χ2v) is 6.64. The highest BCUT2D eigenvalue weighted by atomic mass is 19.1. The monoisotopic (exact) mass is 395 g/mol. The van der Waals surface area contributed by atoms with Gasteiger partial charge in [0.05, 0.1) is 12.1 Å². The highest BCUT2D eigenvalue weighted by Gasteiger charge is 2.36. The van der Waals surface area contributed by atoms with Crippen LogP contribution in [0.4, 0.5) is 4.39 Å². The number of carbonyl (C=O) groups excluding carboxylic acids is 2. The molecule has 1 aliphatic rings. The van der Waals surface area contributed by atoms with Crippen LogP contribution in [-0.4, -0.2) is 31.8 Å². The van der Waals surface area contributed by atoms with Gasteiger partial charge in [-0.15, -0.1) is 0 Å². The van der Waals surface area contributed by atoms with Crippen LogP contribution in [0.2, 0.25) is 0 Å². The number of amides is 2. The molecule has 3 aromatic rings. The summed E-state index contributed by atoms with van der Waals surface area (Å²) in [6.45, 7) is 0.205. The summed E-state index contributed by atoms with van der Waals surface area (Å²) in [6.07, 6.45) is 3.88. The second kappa shape index (κ2) is 8.17. The molecule has 2 amide bonds. The van der Waals surface area contributed by atoms with E-state index in [0.717, 1.165) is 0 Å². The molecule has 1 saturated heterocycles. The second-order valence-electron chi connectivity index (χ2n) is 6.64. The molecule has 148 valence electrons. The number of nitrogens with one attached hydrogen (secondary N) is 1. The Hall–Kier alpha value is -3.62. The van der Waals surface area contributed by atoms with Crippen molar-refractivity contribution in [3.63, 3.8) is 0 Å². The number of benzene rings is 1. The third kappa shape index (κ3) is 4.13. The molecule has 8 nitrogen and oxygen atoms in total. The average Bonchev–Trinajstić information content (AvgIpc) is 3.35. The summed E-state index contributed by atoms with van der Waals surface area (Å²) < 4.78 is 19.3. The van der Waals surface area contributed by atoms with E-state index in [2.05, 4.69) is 20.4 Å². The Bertz CT molecular complexity index is 1020. The van der Waals surface area contributed by atoms with Crippen LogP contribution >= 0.6 is 0 Å². The zero-order valence-electron chi connectivity index (χ0n) is 15.4. The van der Waals surface area contributed by atoms with Crippen molar-refractivity contribution >= 4 is 11.8 Å². The van der Waals surface area contributed by atoms with Crippen molar-refractivity contribution in [3.05, 3.63) is 77.5 Å². The lowest BCUT2D eigenvalue weighted by molar-refractivity contribution is -0.130. The van der Waals surface area contributed by atoms with Crippen LogP contribution in [0.15, 0.2) is 53.3 Å². The summed E-state index contributed by atoms with van der Waals surface area (Å²) in [7, 11) is 0. The number of halogens is 1. The maximum absolute atomic E-state index is 14.0. The number of pyridine rings is 1. The van der Waals surface area contributed by atoms with E-state index in [0.29, 0.717) is 29.8 Å². The highest BCUT2D eigenvalue weighted by molar-refractivity contribution is 5.93. The van der Waals surface area contributed by atoms with Gasteiger partial charge >= 0.3 is 0 Å². The molecule has 9 heteroatoms. The number of hydrogen-bond acceptors (Lipinski definition) is 6. The van der Waals surface area contributed by atoms with Crippen molar-refractivity contribution in [1.29, 1.82) is 0 Å². The van der Waals surface area contributed by atoms with Crippen molar-refractivity contribution in [1.82, 2.24) is 25.3 Å². The highest BCUT2D eigenvalue weighted by Crippen LogP contribution is 2.33. The summed E-state index contributed by atoms with van der Waals surface area (Å²) >= 11 is 0. The SMILES string of the molecule is O=C(NCc1noc([C@@H]2CCC(=O)N2Cc2ccccc2F)n1)c1cccnc1. The fourth-order valence-electron chi connectivity index (χ4n) is 3.23. The molecule has 0 spiro atoms. The van der Waals surface area contributed by atoms with Crippen molar-refractivity contribution in [2.75, 3.05) is 0 Å². The Morgan fingerprint density at radius 1 is 1.28 bits per heavy atom. The van der Waals surface area contributed by atoms with E-state index < -0.39 is 6.04 Å². The predicted molar refractivity (Wildman–Crippen MR) is 98.6 cm³/mol. The van der Waals surface area contributed by atoms with Gasteiger partial charge in [0.15, 0.2) is 5.82 Å². The smallest absolute Gasteiger partial charge is 0.253 e. The maximum atomic E-state index is 14.0. The normalized spacial score (nSPS) is 16.2. The summed E-state index contributed by atoms with van der Waals surface area (Å²) in [5.41, 5.74) is 0.852. The Kier molecular flexibility index (Phi) is 5.28. The van der Waals surface area contributed by atoms with Crippen LogP contribution in [0.5, 0.6) is 0 Å². The van der Waals surface area contributed by atoms with E-state index >= 15 is 0 Å². The fourth-order valence-corrected chi connectivity index (χ4v) is 3.23. The maximum Gasteiger partial charge on any atom is 0.253 e. The molecule has 3 heterocycles. The first-order valence-corrected chi connectivity index (χ1v) is 9.15. The van der Waals surface area contributed by atoms with E-state index in [-0.39, 0.29) is 36.6 Å². The first-order chi connectivity index (χ1) is 14.1. The summed E-state index contributed by atoms with van der Waals surface area (Å²) in [6, 6.07) is 9.23. The Labute approximate surface area is 165 Å². The van der Waals surface area contributed by atoms with Gasteiger partial charge < -0.3 is 14.7 Å². The number of rotatable bonds is 6. The summed E-state index contributed by atoms with van der Waals surface area (Å²) in [5.74, 6) is -0.194. The van der Waals surface area contributed by atoms with Gasteiger partial charge in [0.1, 0.15) is 11.9 Å². The van der Waals surface area contributed by atoms with E-state index in [1.807, 2.05) is 0 Å². The molecule has 0 bridgehead atoms. The molecule has 0 unspecified atom stereocenters. The predicted octanol–water partition coefficient (Wildman–Crippen LogP) is 2.40. The van der Waals surface area contributed by atoms with Crippen LogP contribution < -0.4 is 5.32 Å². The largest absolute Gasteiger partial charge is 0.345 e. The van der Waals surface area contributed by atoms with Crippen LogP contribution in [-0.2, 0) is 17.9 Å². The molecule has 0 aliphatic carbocycles.